The highest BCUT2D eigenvalue weighted by Crippen LogP contribution is 2.20. The Bertz CT molecular complexity index is 417. The molecule has 120 valence electrons. The molecule has 1 saturated heterocycles. The fourth-order valence-electron chi connectivity index (χ4n) is 2.33. The van der Waals surface area contributed by atoms with Gasteiger partial charge in [-0.25, -0.2) is 4.79 Å². The molecule has 0 spiro atoms. The van der Waals surface area contributed by atoms with Gasteiger partial charge in [-0.05, 0) is 40.5 Å². The van der Waals surface area contributed by atoms with Crippen molar-refractivity contribution in [2.24, 2.45) is 0 Å². The molecule has 3 amide bonds. The second-order valence-electron chi connectivity index (χ2n) is 6.50. The molecule has 1 rings (SSSR count). The van der Waals surface area contributed by atoms with Crippen LogP contribution in [-0.2, 0) is 9.59 Å². The molecule has 0 saturated carbocycles. The Morgan fingerprint density at radius 2 is 1.95 bits per heavy atom. The molecule has 1 aliphatic heterocycles. The number of urea groups is 1. The molecule has 0 aromatic carbocycles. The van der Waals surface area contributed by atoms with E-state index in [-0.39, 0.29) is 29.9 Å². The molecular weight excluding hydrogens is 274 g/mol. The number of rotatable bonds is 4. The first-order valence-electron chi connectivity index (χ1n) is 7.21. The van der Waals surface area contributed by atoms with Crippen LogP contribution in [-0.4, -0.2) is 52.1 Å². The van der Waals surface area contributed by atoms with E-state index >= 15 is 0 Å². The zero-order valence-corrected chi connectivity index (χ0v) is 13.1. The summed E-state index contributed by atoms with van der Waals surface area (Å²) >= 11 is 0. The highest BCUT2D eigenvalue weighted by atomic mass is 16.4. The molecule has 3 N–H and O–H groups in total. The largest absolute Gasteiger partial charge is 0.481 e. The Hall–Kier alpha value is -1.79. The van der Waals surface area contributed by atoms with Crippen LogP contribution >= 0.6 is 0 Å². The monoisotopic (exact) mass is 299 g/mol. The van der Waals surface area contributed by atoms with Gasteiger partial charge < -0.3 is 20.6 Å². The highest BCUT2D eigenvalue weighted by molar-refractivity contribution is 5.87. The zero-order valence-electron chi connectivity index (χ0n) is 13.1. The van der Waals surface area contributed by atoms with Crippen molar-refractivity contribution >= 4 is 17.9 Å². The fraction of sp³-hybridized carbons (Fsp3) is 0.786. The summed E-state index contributed by atoms with van der Waals surface area (Å²) in [5.74, 6) is -1.18. The predicted octanol–water partition coefficient (Wildman–Crippen LogP) is 0.938. The van der Waals surface area contributed by atoms with Gasteiger partial charge in [0.15, 0.2) is 0 Å². The zero-order chi connectivity index (χ0) is 16.2. The van der Waals surface area contributed by atoms with E-state index in [1.54, 1.807) is 6.92 Å². The Kier molecular flexibility index (Phi) is 5.57. The summed E-state index contributed by atoms with van der Waals surface area (Å²) in [5.41, 5.74) is -0.366. The van der Waals surface area contributed by atoms with Gasteiger partial charge >= 0.3 is 12.0 Å². The lowest BCUT2D eigenvalue weighted by Gasteiger charge is -2.27. The van der Waals surface area contributed by atoms with Gasteiger partial charge in [-0.2, -0.15) is 0 Å². The first-order chi connectivity index (χ1) is 9.60. The van der Waals surface area contributed by atoms with E-state index in [2.05, 4.69) is 10.6 Å². The van der Waals surface area contributed by atoms with Gasteiger partial charge in [0.2, 0.25) is 5.91 Å². The van der Waals surface area contributed by atoms with Gasteiger partial charge in [0, 0.05) is 18.1 Å². The summed E-state index contributed by atoms with van der Waals surface area (Å²) in [6.07, 6.45) is 1.41. The van der Waals surface area contributed by atoms with Crippen LogP contribution in [0.25, 0.3) is 0 Å². The summed E-state index contributed by atoms with van der Waals surface area (Å²) in [5, 5.41) is 14.3. The van der Waals surface area contributed by atoms with E-state index in [1.807, 2.05) is 20.8 Å². The minimum Gasteiger partial charge on any atom is -0.481 e. The van der Waals surface area contributed by atoms with Crippen molar-refractivity contribution in [2.45, 2.75) is 64.6 Å². The van der Waals surface area contributed by atoms with Crippen LogP contribution in [0.3, 0.4) is 0 Å². The summed E-state index contributed by atoms with van der Waals surface area (Å²) < 4.78 is 0. The lowest BCUT2D eigenvalue weighted by atomic mass is 10.1. The molecule has 0 radical (unpaired) electrons. The number of carboxylic acids is 1. The van der Waals surface area contributed by atoms with Gasteiger partial charge in [-0.15, -0.1) is 0 Å². The molecule has 0 bridgehead atoms. The van der Waals surface area contributed by atoms with Gasteiger partial charge in [0.1, 0.15) is 6.04 Å². The first-order valence-corrected chi connectivity index (χ1v) is 7.21. The third-order valence-corrected chi connectivity index (χ3v) is 3.28. The second-order valence-corrected chi connectivity index (χ2v) is 6.50. The molecule has 1 fully saturated rings. The molecule has 0 aromatic rings. The highest BCUT2D eigenvalue weighted by Gasteiger charge is 2.32. The molecule has 2 unspecified atom stereocenters. The summed E-state index contributed by atoms with van der Waals surface area (Å²) in [6.45, 7) is 7.73. The minimum atomic E-state index is -0.918. The SMILES string of the molecule is CC(NC(=O)N1CCCC1CC(=O)O)C(=O)NC(C)(C)C. The van der Waals surface area contributed by atoms with Crippen molar-refractivity contribution in [3.05, 3.63) is 0 Å². The summed E-state index contributed by atoms with van der Waals surface area (Å²) in [6, 6.07) is -1.33. The van der Waals surface area contributed by atoms with E-state index < -0.39 is 12.0 Å². The maximum Gasteiger partial charge on any atom is 0.318 e. The Morgan fingerprint density at radius 1 is 1.33 bits per heavy atom. The van der Waals surface area contributed by atoms with Gasteiger partial charge in [0.25, 0.3) is 0 Å². The number of hydrogen-bond acceptors (Lipinski definition) is 3. The van der Waals surface area contributed by atoms with Gasteiger partial charge in [-0.1, -0.05) is 0 Å². The number of nitrogens with zero attached hydrogens (tertiary/aromatic N) is 1. The van der Waals surface area contributed by atoms with E-state index in [0.29, 0.717) is 13.0 Å². The van der Waals surface area contributed by atoms with E-state index in [0.717, 1.165) is 6.42 Å². The molecule has 7 nitrogen and oxygen atoms in total. The molecule has 2 atom stereocenters. The third kappa shape index (κ3) is 5.61. The molecular formula is C14H25N3O4. The van der Waals surface area contributed by atoms with E-state index in [4.69, 9.17) is 5.11 Å². The average molecular weight is 299 g/mol. The minimum absolute atomic E-state index is 0.0595. The predicted molar refractivity (Wildman–Crippen MR) is 77.9 cm³/mol. The van der Waals surface area contributed by atoms with Crippen LogP contribution < -0.4 is 10.6 Å². The van der Waals surface area contributed by atoms with E-state index in [9.17, 15) is 14.4 Å². The Morgan fingerprint density at radius 3 is 2.48 bits per heavy atom. The maximum atomic E-state index is 12.2. The van der Waals surface area contributed by atoms with Crippen molar-refractivity contribution in [1.82, 2.24) is 15.5 Å². The molecule has 0 aromatic heterocycles. The van der Waals surface area contributed by atoms with E-state index in [1.165, 1.54) is 4.90 Å². The topological polar surface area (TPSA) is 98.7 Å². The van der Waals surface area contributed by atoms with Crippen LogP contribution in [0.15, 0.2) is 0 Å². The first kappa shape index (κ1) is 17.3. The van der Waals surface area contributed by atoms with Crippen molar-refractivity contribution < 1.29 is 19.5 Å². The number of carbonyl (C=O) groups is 3. The lowest BCUT2D eigenvalue weighted by Crippen LogP contribution is -2.54. The molecule has 21 heavy (non-hydrogen) atoms. The Labute approximate surface area is 125 Å². The molecule has 7 heteroatoms. The number of hydrogen-bond donors (Lipinski definition) is 3. The standard InChI is InChI=1S/C14H25N3O4/c1-9(12(20)16-14(2,3)4)15-13(21)17-7-5-6-10(17)8-11(18)19/h9-10H,5-8H2,1-4H3,(H,15,21)(H,16,20)(H,18,19). The fourth-order valence-corrected chi connectivity index (χ4v) is 2.33. The van der Waals surface area contributed by atoms with Gasteiger partial charge in [0.05, 0.1) is 6.42 Å². The van der Waals surface area contributed by atoms with Gasteiger partial charge in [-0.3, -0.25) is 9.59 Å². The summed E-state index contributed by atoms with van der Waals surface area (Å²) in [7, 11) is 0. The molecule has 1 aliphatic rings. The van der Waals surface area contributed by atoms with Crippen molar-refractivity contribution in [2.75, 3.05) is 6.54 Å². The molecule has 0 aliphatic carbocycles. The van der Waals surface area contributed by atoms with Crippen molar-refractivity contribution in [3.63, 3.8) is 0 Å². The normalized spacial score (nSPS) is 20.0. The Balaban J connectivity index is 2.55. The number of aliphatic carboxylic acids is 1. The van der Waals surface area contributed by atoms with Crippen LogP contribution in [0.2, 0.25) is 0 Å². The number of nitrogens with one attached hydrogen (secondary N) is 2. The average Bonchev–Trinajstić information content (AvgIpc) is 2.73. The van der Waals surface area contributed by atoms with Crippen LogP contribution in [0.5, 0.6) is 0 Å². The maximum absolute atomic E-state index is 12.2. The van der Waals surface area contributed by atoms with Crippen molar-refractivity contribution in [3.8, 4) is 0 Å². The van der Waals surface area contributed by atoms with Crippen LogP contribution in [0.1, 0.15) is 47.0 Å². The number of carbonyl (C=O) groups excluding carboxylic acids is 2. The lowest BCUT2D eigenvalue weighted by molar-refractivity contribution is -0.138. The van der Waals surface area contributed by atoms with Crippen molar-refractivity contribution in [1.29, 1.82) is 0 Å². The van der Waals surface area contributed by atoms with Crippen LogP contribution in [0.4, 0.5) is 4.79 Å². The second kappa shape index (κ2) is 6.78. The number of carboxylic acid groups (broad SMARTS) is 1. The molecule has 1 heterocycles. The smallest absolute Gasteiger partial charge is 0.318 e. The number of likely N-dealkylation sites (tertiary alicyclic amines) is 1. The number of amides is 3. The third-order valence-electron chi connectivity index (χ3n) is 3.28. The summed E-state index contributed by atoms with van der Waals surface area (Å²) in [4.78, 5) is 36.4. The van der Waals surface area contributed by atoms with Crippen LogP contribution in [0, 0.1) is 0 Å². The quantitative estimate of drug-likeness (QED) is 0.719.